The lowest BCUT2D eigenvalue weighted by Gasteiger charge is -2.32. The monoisotopic (exact) mass is 801 g/mol. The highest BCUT2D eigenvalue weighted by Crippen LogP contribution is 2.55. The van der Waals surface area contributed by atoms with Crippen LogP contribution in [0, 0.1) is 34.0 Å². The molecule has 5 unspecified atom stereocenters. The third-order valence-corrected chi connectivity index (χ3v) is 13.0. The number of carbonyl (C=O) groups is 4. The first kappa shape index (κ1) is 47.7. The van der Waals surface area contributed by atoms with Gasteiger partial charge < -0.3 is 23.5 Å². The minimum Gasteiger partial charge on any atom is -0.743 e. The van der Waals surface area contributed by atoms with E-state index in [0.717, 1.165) is 44.9 Å². The van der Waals surface area contributed by atoms with Gasteiger partial charge in [0.1, 0.15) is 17.8 Å². The van der Waals surface area contributed by atoms with Gasteiger partial charge in [-0.05, 0) is 112 Å². The average Bonchev–Trinajstić information content (AvgIpc) is 3.86. The summed E-state index contributed by atoms with van der Waals surface area (Å²) in [6.07, 6.45) is 6.62. The molecule has 0 amide bonds. The maximum absolute atomic E-state index is 13.1. The van der Waals surface area contributed by atoms with Crippen molar-refractivity contribution in [3.05, 3.63) is 0 Å². The molecular weight excluding hydrogens is 740 g/mol. The maximum atomic E-state index is 13.1. The summed E-state index contributed by atoms with van der Waals surface area (Å²) in [5.74, 6) is -5.28. The molecule has 0 aromatic rings. The van der Waals surface area contributed by atoms with Crippen LogP contribution in [-0.2, 0) is 48.2 Å². The van der Waals surface area contributed by atoms with E-state index in [1.165, 1.54) is 12.8 Å². The molecule has 0 N–H and O–H groups in total. The van der Waals surface area contributed by atoms with Crippen LogP contribution in [0.3, 0.4) is 0 Å². The third kappa shape index (κ3) is 10.9. The van der Waals surface area contributed by atoms with Crippen molar-refractivity contribution in [2.75, 3.05) is 6.61 Å². The summed E-state index contributed by atoms with van der Waals surface area (Å²) in [7, 11) is -6.48. The van der Waals surface area contributed by atoms with Crippen LogP contribution in [0.5, 0.6) is 0 Å². The van der Waals surface area contributed by atoms with Crippen LogP contribution in [0.2, 0.25) is 0 Å². The fourth-order valence-electron chi connectivity index (χ4n) is 6.65. The highest BCUT2D eigenvalue weighted by Gasteiger charge is 2.64. The summed E-state index contributed by atoms with van der Waals surface area (Å²) < 4.78 is 104. The Bertz CT molecular complexity index is 1440. The van der Waals surface area contributed by atoms with Crippen LogP contribution in [0.15, 0.2) is 0 Å². The van der Waals surface area contributed by atoms with Crippen LogP contribution in [0.4, 0.5) is 17.6 Å². The predicted molar refractivity (Wildman–Crippen MR) is 189 cm³/mol. The van der Waals surface area contributed by atoms with Crippen molar-refractivity contribution >= 4 is 34.0 Å². The van der Waals surface area contributed by atoms with Crippen molar-refractivity contribution < 1.29 is 68.7 Å². The lowest BCUT2D eigenvalue weighted by atomic mass is 9.87. The summed E-state index contributed by atoms with van der Waals surface area (Å²) in [6.45, 7) is 18.1. The number of alkyl halides is 4. The van der Waals surface area contributed by atoms with Crippen LogP contribution in [0.1, 0.15) is 146 Å². The Balaban J connectivity index is 0.000000283. The fourth-order valence-corrected chi connectivity index (χ4v) is 7.11. The molecule has 1 aliphatic heterocycles. The number of esters is 4. The first-order chi connectivity index (χ1) is 24.6. The molecule has 3 saturated carbocycles. The third-order valence-electron chi connectivity index (χ3n) is 12.0. The first-order valence-electron chi connectivity index (χ1n) is 19.1. The molecule has 0 radical (unpaired) electrons. The maximum Gasteiger partial charge on any atom is 0.396 e. The van der Waals surface area contributed by atoms with Gasteiger partial charge in [-0.15, -0.1) is 0 Å². The molecular formula is C38H61F4O11S-. The zero-order chi connectivity index (χ0) is 41.7. The zero-order valence-corrected chi connectivity index (χ0v) is 34.3. The van der Waals surface area contributed by atoms with E-state index < -0.39 is 57.5 Å². The molecule has 1 saturated heterocycles. The Morgan fingerprint density at radius 1 is 0.833 bits per heavy atom. The Kier molecular flexibility index (Phi) is 15.7. The summed E-state index contributed by atoms with van der Waals surface area (Å²) >= 11 is 0. The Labute approximate surface area is 318 Å². The molecule has 11 nitrogen and oxygen atoms in total. The van der Waals surface area contributed by atoms with Crippen molar-refractivity contribution in [1.82, 2.24) is 0 Å². The zero-order valence-electron chi connectivity index (χ0n) is 33.5. The SMILES string of the molecule is CCC(C)(C)C(=O)OC1C2CC3C(=O)OC1C3C2.CCC(C)(C)C(=O)OCCCC(F)(F)C(F)(F)S(=O)(=O)[O-].CCC1(OC(=O)C(C)(C)CC)CCCC1. The number of fused-ring (bicyclic) bond motifs is 1. The average molecular weight is 802 g/mol. The Hall–Kier alpha value is -2.49. The number of hydrogen-bond acceptors (Lipinski definition) is 11. The number of hydrogen-bond donors (Lipinski definition) is 0. The molecule has 3 aliphatic carbocycles. The second-order valence-corrected chi connectivity index (χ2v) is 18.5. The quantitative estimate of drug-likeness (QED) is 0.0517. The molecule has 4 fully saturated rings. The van der Waals surface area contributed by atoms with E-state index in [4.69, 9.17) is 14.2 Å². The van der Waals surface area contributed by atoms with Gasteiger partial charge in [0.2, 0.25) is 0 Å². The van der Waals surface area contributed by atoms with Gasteiger partial charge in [0.15, 0.2) is 10.1 Å². The van der Waals surface area contributed by atoms with Crippen molar-refractivity contribution in [1.29, 1.82) is 0 Å². The van der Waals surface area contributed by atoms with Gasteiger partial charge in [-0.3, -0.25) is 19.2 Å². The van der Waals surface area contributed by atoms with Gasteiger partial charge in [0.25, 0.3) is 0 Å². The van der Waals surface area contributed by atoms with Gasteiger partial charge >= 0.3 is 35.1 Å². The molecule has 16 heteroatoms. The lowest BCUT2D eigenvalue weighted by molar-refractivity contribution is -0.171. The second kappa shape index (κ2) is 17.8. The molecule has 4 rings (SSSR count). The predicted octanol–water partition coefficient (Wildman–Crippen LogP) is 8.12. The Morgan fingerprint density at radius 3 is 1.81 bits per heavy atom. The van der Waals surface area contributed by atoms with Gasteiger partial charge in [0.05, 0.1) is 28.8 Å². The summed E-state index contributed by atoms with van der Waals surface area (Å²) in [5.41, 5.74) is -1.76. The van der Waals surface area contributed by atoms with Gasteiger partial charge in [0, 0.05) is 18.3 Å². The summed E-state index contributed by atoms with van der Waals surface area (Å²) in [5, 5.41) is -5.70. The number of ether oxygens (including phenoxy) is 4. The van der Waals surface area contributed by atoms with Gasteiger partial charge in [-0.1, -0.05) is 27.7 Å². The van der Waals surface area contributed by atoms with Crippen LogP contribution in [0.25, 0.3) is 0 Å². The number of halogens is 4. The summed E-state index contributed by atoms with van der Waals surface area (Å²) in [4.78, 5) is 47.2. The first-order valence-corrected chi connectivity index (χ1v) is 20.5. The van der Waals surface area contributed by atoms with Gasteiger partial charge in [-0.25, -0.2) is 8.42 Å². The Morgan fingerprint density at radius 2 is 1.33 bits per heavy atom. The smallest absolute Gasteiger partial charge is 0.396 e. The number of rotatable bonds is 15. The van der Waals surface area contributed by atoms with Gasteiger partial charge in [-0.2, -0.15) is 17.6 Å². The topological polar surface area (TPSA) is 162 Å². The highest BCUT2D eigenvalue weighted by molar-refractivity contribution is 7.86. The number of carbonyl (C=O) groups excluding carboxylic acids is 4. The minimum atomic E-state index is -6.48. The fraction of sp³-hybridized carbons (Fsp3) is 0.895. The van der Waals surface area contributed by atoms with Crippen molar-refractivity contribution in [3.8, 4) is 0 Å². The highest BCUT2D eigenvalue weighted by atomic mass is 32.2. The van der Waals surface area contributed by atoms with Crippen LogP contribution < -0.4 is 0 Å². The van der Waals surface area contributed by atoms with E-state index in [1.54, 1.807) is 20.8 Å². The van der Waals surface area contributed by atoms with Crippen LogP contribution >= 0.6 is 0 Å². The van der Waals surface area contributed by atoms with E-state index >= 15 is 0 Å². The summed E-state index contributed by atoms with van der Waals surface area (Å²) in [6, 6.07) is 0. The molecule has 0 aromatic carbocycles. The normalized spacial score (nSPS) is 24.8. The van der Waals surface area contributed by atoms with Crippen molar-refractivity contribution in [3.63, 3.8) is 0 Å². The van der Waals surface area contributed by atoms with E-state index in [-0.39, 0.29) is 47.0 Å². The minimum absolute atomic E-state index is 0.0197. The molecule has 54 heavy (non-hydrogen) atoms. The van der Waals surface area contributed by atoms with E-state index in [9.17, 15) is 49.7 Å². The van der Waals surface area contributed by atoms with Crippen LogP contribution in [-0.4, -0.2) is 72.4 Å². The molecule has 1 heterocycles. The van der Waals surface area contributed by atoms with E-state index in [2.05, 4.69) is 11.7 Å². The van der Waals surface area contributed by atoms with Crippen molar-refractivity contribution in [2.24, 2.45) is 34.0 Å². The molecule has 5 atom stereocenters. The van der Waals surface area contributed by atoms with E-state index in [1.807, 2.05) is 41.5 Å². The molecule has 314 valence electrons. The standard InChI is InChI=1S/C14H20O4.C13H24O2.C11H18F4O5S/c1-4-14(2,3)13(16)18-10-7-5-8-9(6-7)12(15)17-11(8)10;1-5-12(3,4)11(14)15-13(6-2)9-7-8-10-13;1-4-9(2,3)8(16)20-7-5-6-10(12,13)11(14,15)21(17,18)19/h7-11H,4-6H2,1-3H3;5-10H2,1-4H3;4-7H2,1-3H3,(H,17,18,19)/p-1. The molecule has 4 aliphatic rings. The molecule has 0 aromatic heterocycles. The molecule has 0 spiro atoms. The van der Waals surface area contributed by atoms with Crippen molar-refractivity contribution in [2.45, 2.75) is 175 Å². The van der Waals surface area contributed by atoms with E-state index in [0.29, 0.717) is 18.3 Å². The second-order valence-electron chi connectivity index (χ2n) is 17.0. The largest absolute Gasteiger partial charge is 0.743 e. The molecule has 2 bridgehead atoms. The lowest BCUT2D eigenvalue weighted by Crippen LogP contribution is -2.47.